The van der Waals surface area contributed by atoms with E-state index in [-0.39, 0.29) is 6.04 Å². The van der Waals surface area contributed by atoms with Crippen molar-refractivity contribution in [2.75, 3.05) is 6.61 Å². The Kier molecular flexibility index (Phi) is 2.93. The van der Waals surface area contributed by atoms with Crippen molar-refractivity contribution in [3.63, 3.8) is 0 Å². The maximum absolute atomic E-state index is 6.02. The van der Waals surface area contributed by atoms with E-state index in [1.165, 1.54) is 0 Å². The van der Waals surface area contributed by atoms with Crippen molar-refractivity contribution in [2.24, 2.45) is 5.73 Å². The second kappa shape index (κ2) is 4.19. The molecule has 1 unspecified atom stereocenters. The van der Waals surface area contributed by atoms with E-state index in [1.54, 1.807) is 6.26 Å². The summed E-state index contributed by atoms with van der Waals surface area (Å²) in [5.74, 6) is 0.772. The summed E-state index contributed by atoms with van der Waals surface area (Å²) >= 11 is 3.25. The van der Waals surface area contributed by atoms with Gasteiger partial charge in [-0.05, 0) is 46.5 Å². The van der Waals surface area contributed by atoms with Crippen LogP contribution in [0.5, 0.6) is 0 Å². The van der Waals surface area contributed by atoms with Gasteiger partial charge in [0, 0.05) is 0 Å². The fourth-order valence-electron chi connectivity index (χ4n) is 1.49. The molecule has 0 saturated carbocycles. The molecule has 4 heteroatoms. The van der Waals surface area contributed by atoms with E-state index in [9.17, 15) is 0 Å². The largest absolute Gasteiger partial charge is 0.501 e. The first-order valence-corrected chi connectivity index (χ1v) is 5.38. The molecule has 0 bridgehead atoms. The molecule has 1 aliphatic heterocycles. The Labute approximate surface area is 91.0 Å². The third kappa shape index (κ3) is 2.01. The minimum Gasteiger partial charge on any atom is -0.501 e. The summed E-state index contributed by atoms with van der Waals surface area (Å²) in [4.78, 5) is 0. The molecule has 0 radical (unpaired) electrons. The van der Waals surface area contributed by atoms with Gasteiger partial charge in [-0.15, -0.1) is 0 Å². The second-order valence-corrected chi connectivity index (χ2v) is 4.07. The molecule has 1 atom stereocenters. The molecule has 1 aromatic heterocycles. The molecule has 2 rings (SSSR count). The Bertz CT molecular complexity index is 346. The van der Waals surface area contributed by atoms with Gasteiger partial charge in [-0.1, -0.05) is 0 Å². The Hall–Kier alpha value is -0.740. The van der Waals surface area contributed by atoms with E-state index < -0.39 is 0 Å². The van der Waals surface area contributed by atoms with E-state index in [0.717, 1.165) is 30.8 Å². The molecule has 0 aliphatic carbocycles. The molecule has 0 spiro atoms. The number of nitrogens with two attached hydrogens (primary N) is 1. The molecule has 2 N–H and O–H groups in total. The predicted molar refractivity (Wildman–Crippen MR) is 56.6 cm³/mol. The minimum atomic E-state index is -0.179. The average molecular weight is 258 g/mol. The van der Waals surface area contributed by atoms with Gasteiger partial charge >= 0.3 is 0 Å². The van der Waals surface area contributed by atoms with Crippen LogP contribution in [0.1, 0.15) is 24.6 Å². The van der Waals surface area contributed by atoms with Crippen LogP contribution >= 0.6 is 15.9 Å². The summed E-state index contributed by atoms with van der Waals surface area (Å²) in [6, 6.07) is 3.55. The van der Waals surface area contributed by atoms with Crippen molar-refractivity contribution < 1.29 is 9.15 Å². The van der Waals surface area contributed by atoms with Gasteiger partial charge in [0.25, 0.3) is 0 Å². The topological polar surface area (TPSA) is 48.4 Å². The van der Waals surface area contributed by atoms with Gasteiger partial charge in [-0.2, -0.15) is 0 Å². The fraction of sp³-hybridized carbons (Fsp3) is 0.400. The molecule has 76 valence electrons. The summed E-state index contributed by atoms with van der Waals surface area (Å²) in [6.07, 6.45) is 3.77. The summed E-state index contributed by atoms with van der Waals surface area (Å²) in [6.45, 7) is 0.790. The number of hydrogen-bond acceptors (Lipinski definition) is 3. The highest BCUT2D eigenvalue weighted by Crippen LogP contribution is 2.28. The maximum Gasteiger partial charge on any atom is 0.169 e. The highest BCUT2D eigenvalue weighted by Gasteiger charge is 2.17. The Morgan fingerprint density at radius 3 is 2.86 bits per heavy atom. The number of halogens is 1. The number of rotatable bonds is 2. The summed E-state index contributed by atoms with van der Waals surface area (Å²) < 4.78 is 11.3. The average Bonchev–Trinajstić information content (AvgIpc) is 2.65. The molecule has 1 aromatic rings. The van der Waals surface area contributed by atoms with Crippen molar-refractivity contribution in [1.82, 2.24) is 0 Å². The molecule has 0 saturated heterocycles. The lowest BCUT2D eigenvalue weighted by Crippen LogP contribution is -2.15. The van der Waals surface area contributed by atoms with Crippen LogP contribution in [0.2, 0.25) is 0 Å². The maximum atomic E-state index is 6.02. The van der Waals surface area contributed by atoms with Gasteiger partial charge in [-0.25, -0.2) is 0 Å². The van der Waals surface area contributed by atoms with Crippen LogP contribution in [0.25, 0.3) is 0 Å². The fourth-order valence-corrected chi connectivity index (χ4v) is 1.81. The zero-order valence-corrected chi connectivity index (χ0v) is 9.29. The third-order valence-corrected chi connectivity index (χ3v) is 2.69. The third-order valence-electron chi connectivity index (χ3n) is 2.26. The molecule has 0 amide bonds. The first kappa shape index (κ1) is 9.80. The number of furan rings is 1. The highest BCUT2D eigenvalue weighted by atomic mass is 79.9. The van der Waals surface area contributed by atoms with Gasteiger partial charge in [0.05, 0.1) is 18.9 Å². The van der Waals surface area contributed by atoms with Crippen molar-refractivity contribution in [3.05, 3.63) is 34.4 Å². The van der Waals surface area contributed by atoms with E-state index in [1.807, 2.05) is 12.1 Å². The van der Waals surface area contributed by atoms with E-state index in [0.29, 0.717) is 4.67 Å². The zero-order chi connectivity index (χ0) is 9.97. The van der Waals surface area contributed by atoms with Gasteiger partial charge < -0.3 is 14.9 Å². The van der Waals surface area contributed by atoms with Crippen molar-refractivity contribution in [3.8, 4) is 0 Å². The molecule has 14 heavy (non-hydrogen) atoms. The highest BCUT2D eigenvalue weighted by molar-refractivity contribution is 9.10. The number of hydrogen-bond donors (Lipinski definition) is 1. The van der Waals surface area contributed by atoms with Gasteiger partial charge in [0.15, 0.2) is 4.67 Å². The minimum absolute atomic E-state index is 0.179. The monoisotopic (exact) mass is 257 g/mol. The van der Waals surface area contributed by atoms with Crippen LogP contribution in [-0.2, 0) is 4.74 Å². The van der Waals surface area contributed by atoms with Crippen LogP contribution in [0.3, 0.4) is 0 Å². The molecule has 3 nitrogen and oxygen atoms in total. The standard InChI is InChI=1S/C10H12BrNO2/c11-9-4-3-8(14-9)10(12)7-2-1-5-13-6-7/h3-4,6,10H,1-2,5,12H2. The summed E-state index contributed by atoms with van der Waals surface area (Å²) in [5, 5.41) is 0. The zero-order valence-electron chi connectivity index (χ0n) is 7.70. The summed E-state index contributed by atoms with van der Waals surface area (Å²) in [5.41, 5.74) is 7.12. The normalized spacial score (nSPS) is 18.6. The van der Waals surface area contributed by atoms with Gasteiger partial charge in [0.1, 0.15) is 5.76 Å². The smallest absolute Gasteiger partial charge is 0.169 e. The van der Waals surface area contributed by atoms with Crippen LogP contribution in [0.15, 0.2) is 33.1 Å². The molecule has 1 aliphatic rings. The quantitative estimate of drug-likeness (QED) is 0.887. The molecule has 2 heterocycles. The molecular formula is C10H12BrNO2. The van der Waals surface area contributed by atoms with Crippen LogP contribution in [-0.4, -0.2) is 6.61 Å². The molecule has 0 fully saturated rings. The van der Waals surface area contributed by atoms with Crippen molar-refractivity contribution in [1.29, 1.82) is 0 Å². The lowest BCUT2D eigenvalue weighted by molar-refractivity contribution is 0.220. The first-order valence-electron chi connectivity index (χ1n) is 4.59. The van der Waals surface area contributed by atoms with E-state index in [2.05, 4.69) is 15.9 Å². The molecular weight excluding hydrogens is 246 g/mol. The van der Waals surface area contributed by atoms with Crippen molar-refractivity contribution in [2.45, 2.75) is 18.9 Å². The second-order valence-electron chi connectivity index (χ2n) is 3.29. The van der Waals surface area contributed by atoms with Crippen LogP contribution < -0.4 is 5.73 Å². The Balaban J connectivity index is 2.14. The molecule has 0 aromatic carbocycles. The Morgan fingerprint density at radius 2 is 2.29 bits per heavy atom. The summed E-state index contributed by atoms with van der Waals surface area (Å²) in [7, 11) is 0. The number of ether oxygens (including phenoxy) is 1. The van der Waals surface area contributed by atoms with E-state index >= 15 is 0 Å². The van der Waals surface area contributed by atoms with Crippen molar-refractivity contribution >= 4 is 15.9 Å². The first-order chi connectivity index (χ1) is 6.77. The van der Waals surface area contributed by atoms with Crippen LogP contribution in [0, 0.1) is 0 Å². The van der Waals surface area contributed by atoms with E-state index in [4.69, 9.17) is 14.9 Å². The Morgan fingerprint density at radius 1 is 1.43 bits per heavy atom. The van der Waals surface area contributed by atoms with Gasteiger partial charge in [-0.3, -0.25) is 0 Å². The SMILES string of the molecule is NC(C1=COCCC1)c1ccc(Br)o1. The predicted octanol–water partition coefficient (Wildman–Crippen LogP) is 2.74. The van der Waals surface area contributed by atoms with Gasteiger partial charge in [0.2, 0.25) is 0 Å². The lowest BCUT2D eigenvalue weighted by Gasteiger charge is -2.17. The van der Waals surface area contributed by atoms with Crippen LogP contribution in [0.4, 0.5) is 0 Å². The lowest BCUT2D eigenvalue weighted by atomic mass is 10.0.